The number of hydrogen-bond donors (Lipinski definition) is 0. The van der Waals surface area contributed by atoms with Gasteiger partial charge in [-0.05, 0) is 67.3 Å². The summed E-state index contributed by atoms with van der Waals surface area (Å²) < 4.78 is 23.6. The first-order chi connectivity index (χ1) is 18.3. The minimum absolute atomic E-state index is 0.208. The summed E-state index contributed by atoms with van der Waals surface area (Å²) in [4.78, 5) is 18.6. The van der Waals surface area contributed by atoms with Crippen LogP contribution >= 0.6 is 0 Å². The molecule has 0 aliphatic heterocycles. The Kier molecular flexibility index (Phi) is 8.00. The lowest BCUT2D eigenvalue weighted by molar-refractivity contribution is 0.324. The normalized spacial score (nSPS) is 11.4. The molecule has 0 unspecified atom stereocenters. The van der Waals surface area contributed by atoms with Crippen LogP contribution in [0, 0.1) is 6.92 Å². The predicted molar refractivity (Wildman–Crippen MR) is 151 cm³/mol. The van der Waals surface area contributed by atoms with Crippen molar-refractivity contribution in [3.63, 3.8) is 0 Å². The van der Waals surface area contributed by atoms with Crippen LogP contribution in [0.1, 0.15) is 43.4 Å². The molecular weight excluding hydrogens is 482 g/mol. The highest BCUT2D eigenvalue weighted by Crippen LogP contribution is 2.38. The zero-order valence-corrected chi connectivity index (χ0v) is 22.9. The summed E-state index contributed by atoms with van der Waals surface area (Å²) in [6, 6.07) is 14.9. The number of nitrogens with zero attached hydrogens (tertiary/aromatic N) is 3. The third-order valence-electron chi connectivity index (χ3n) is 6.28. The van der Waals surface area contributed by atoms with Gasteiger partial charge < -0.3 is 18.9 Å². The molecule has 0 fully saturated rings. The molecule has 0 saturated carbocycles. The van der Waals surface area contributed by atoms with E-state index in [1.54, 1.807) is 45.7 Å². The van der Waals surface area contributed by atoms with Crippen molar-refractivity contribution in [1.29, 1.82) is 0 Å². The lowest BCUT2D eigenvalue weighted by Gasteiger charge is -2.18. The molecular formula is C30H33N3O5. The number of benzene rings is 3. The van der Waals surface area contributed by atoms with Crippen molar-refractivity contribution in [1.82, 2.24) is 9.66 Å². The Morgan fingerprint density at radius 2 is 1.66 bits per heavy atom. The number of para-hydroxylation sites is 1. The van der Waals surface area contributed by atoms with Crippen molar-refractivity contribution in [3.8, 4) is 34.4 Å². The number of rotatable bonds is 9. The third kappa shape index (κ3) is 5.07. The van der Waals surface area contributed by atoms with Crippen molar-refractivity contribution < 1.29 is 18.9 Å². The van der Waals surface area contributed by atoms with Gasteiger partial charge in [0.15, 0.2) is 17.3 Å². The molecule has 1 heterocycles. The molecule has 3 aromatic carbocycles. The van der Waals surface area contributed by atoms with Gasteiger partial charge in [0.2, 0.25) is 5.75 Å². The topological polar surface area (TPSA) is 84.2 Å². The van der Waals surface area contributed by atoms with Gasteiger partial charge >= 0.3 is 0 Å². The van der Waals surface area contributed by atoms with E-state index in [0.717, 1.165) is 22.4 Å². The molecule has 0 amide bonds. The molecule has 4 aromatic rings. The molecule has 38 heavy (non-hydrogen) atoms. The van der Waals surface area contributed by atoms with Gasteiger partial charge in [0.25, 0.3) is 5.56 Å². The molecule has 0 radical (unpaired) electrons. The molecule has 1 aromatic heterocycles. The first-order valence-electron chi connectivity index (χ1n) is 12.5. The average Bonchev–Trinajstić information content (AvgIpc) is 2.92. The van der Waals surface area contributed by atoms with E-state index in [4.69, 9.17) is 23.9 Å². The predicted octanol–water partition coefficient (Wildman–Crippen LogP) is 5.80. The molecule has 8 heteroatoms. The highest BCUT2D eigenvalue weighted by molar-refractivity contribution is 5.84. The lowest BCUT2D eigenvalue weighted by atomic mass is 9.96. The van der Waals surface area contributed by atoms with Crippen LogP contribution in [0.25, 0.3) is 22.3 Å². The Morgan fingerprint density at radius 3 is 2.26 bits per heavy atom. The van der Waals surface area contributed by atoms with Gasteiger partial charge in [-0.2, -0.15) is 9.78 Å². The van der Waals surface area contributed by atoms with Crippen molar-refractivity contribution in [2.24, 2.45) is 5.10 Å². The zero-order chi connectivity index (χ0) is 27.4. The highest BCUT2D eigenvalue weighted by atomic mass is 16.5. The summed E-state index contributed by atoms with van der Waals surface area (Å²) in [5.41, 5.74) is 3.77. The summed E-state index contributed by atoms with van der Waals surface area (Å²) in [5, 5.41) is 5.09. The van der Waals surface area contributed by atoms with E-state index in [9.17, 15) is 4.79 Å². The quantitative estimate of drug-likeness (QED) is 0.262. The van der Waals surface area contributed by atoms with Crippen molar-refractivity contribution in [2.75, 3.05) is 27.9 Å². The largest absolute Gasteiger partial charge is 0.494 e. The summed E-state index contributed by atoms with van der Waals surface area (Å²) in [6.45, 7) is 8.74. The molecule has 0 bridgehead atoms. The Labute approximate surface area is 222 Å². The Morgan fingerprint density at radius 1 is 0.974 bits per heavy atom. The van der Waals surface area contributed by atoms with Crippen LogP contribution in [0.3, 0.4) is 0 Å². The number of hydrogen-bond acceptors (Lipinski definition) is 7. The summed E-state index contributed by atoms with van der Waals surface area (Å²) >= 11 is 0. The van der Waals surface area contributed by atoms with Crippen LogP contribution in [-0.2, 0) is 0 Å². The second-order valence-corrected chi connectivity index (χ2v) is 9.07. The van der Waals surface area contributed by atoms with Crippen LogP contribution < -0.4 is 24.5 Å². The fourth-order valence-electron chi connectivity index (χ4n) is 4.38. The number of aryl methyl sites for hydroxylation is 1. The van der Waals surface area contributed by atoms with Crippen molar-refractivity contribution in [2.45, 2.75) is 33.6 Å². The molecule has 0 aliphatic rings. The molecule has 0 atom stereocenters. The van der Waals surface area contributed by atoms with Gasteiger partial charge in [-0.25, -0.2) is 4.98 Å². The van der Waals surface area contributed by atoms with E-state index in [-0.39, 0.29) is 11.5 Å². The fraction of sp³-hybridized carbons (Fsp3) is 0.300. The third-order valence-corrected chi connectivity index (χ3v) is 6.28. The van der Waals surface area contributed by atoms with Gasteiger partial charge in [0.1, 0.15) is 5.75 Å². The smallest absolute Gasteiger partial charge is 0.282 e. The second-order valence-electron chi connectivity index (χ2n) is 9.07. The SMILES string of the molecule is CCOc1cc(C)c(-c2nc3ccccc3c(=O)n2N=Cc2cc(OC)c(OC)c(OC)c2)cc1C(C)C. The van der Waals surface area contributed by atoms with Gasteiger partial charge in [0.05, 0.1) is 45.1 Å². The molecule has 0 aliphatic carbocycles. The molecule has 198 valence electrons. The van der Waals surface area contributed by atoms with Crippen molar-refractivity contribution in [3.05, 3.63) is 75.6 Å². The zero-order valence-electron chi connectivity index (χ0n) is 22.9. The first-order valence-corrected chi connectivity index (χ1v) is 12.5. The van der Waals surface area contributed by atoms with Gasteiger partial charge in [-0.3, -0.25) is 4.79 Å². The Bertz CT molecular complexity index is 1530. The van der Waals surface area contributed by atoms with Crippen molar-refractivity contribution >= 4 is 17.1 Å². The first kappa shape index (κ1) is 26.7. The maximum Gasteiger partial charge on any atom is 0.282 e. The van der Waals surface area contributed by atoms with E-state index in [1.165, 1.54) is 4.68 Å². The van der Waals surface area contributed by atoms with Crippen LogP contribution in [0.15, 0.2) is 58.4 Å². The monoisotopic (exact) mass is 515 g/mol. The number of fused-ring (bicyclic) bond motifs is 1. The Balaban J connectivity index is 1.96. The fourth-order valence-corrected chi connectivity index (χ4v) is 4.38. The van der Waals surface area contributed by atoms with Crippen LogP contribution in [0.5, 0.6) is 23.0 Å². The number of methoxy groups -OCH3 is 3. The van der Waals surface area contributed by atoms with E-state index < -0.39 is 0 Å². The average molecular weight is 516 g/mol. The summed E-state index contributed by atoms with van der Waals surface area (Å²) in [5.74, 6) is 2.94. The molecule has 0 spiro atoms. The summed E-state index contributed by atoms with van der Waals surface area (Å²) in [7, 11) is 4.65. The van der Waals surface area contributed by atoms with E-state index in [0.29, 0.717) is 46.1 Å². The highest BCUT2D eigenvalue weighted by Gasteiger charge is 2.19. The van der Waals surface area contributed by atoms with Crippen LogP contribution in [0.4, 0.5) is 0 Å². The number of ether oxygens (including phenoxy) is 4. The standard InChI is InChI=1S/C30H33N3O5/c1-8-38-25-13-19(4)23(16-22(25)18(2)3)29-32-24-12-10-9-11-21(24)30(34)33(29)31-17-20-14-26(35-5)28(37-7)27(15-20)36-6/h9-18H,8H2,1-7H3. The molecule has 0 saturated heterocycles. The Hall–Kier alpha value is -4.33. The van der Waals surface area contributed by atoms with Gasteiger partial charge in [0, 0.05) is 11.1 Å². The minimum Gasteiger partial charge on any atom is -0.494 e. The molecule has 0 N–H and O–H groups in total. The second kappa shape index (κ2) is 11.4. The molecule has 4 rings (SSSR count). The van der Waals surface area contributed by atoms with E-state index >= 15 is 0 Å². The van der Waals surface area contributed by atoms with Gasteiger partial charge in [-0.15, -0.1) is 0 Å². The molecule has 8 nitrogen and oxygen atoms in total. The maximum atomic E-state index is 13.7. The van der Waals surface area contributed by atoms with Crippen LogP contribution in [0.2, 0.25) is 0 Å². The van der Waals surface area contributed by atoms with E-state index in [1.807, 2.05) is 44.2 Å². The summed E-state index contributed by atoms with van der Waals surface area (Å²) in [6.07, 6.45) is 1.58. The minimum atomic E-state index is -0.270. The van der Waals surface area contributed by atoms with E-state index in [2.05, 4.69) is 18.9 Å². The lowest BCUT2D eigenvalue weighted by Crippen LogP contribution is -2.21. The van der Waals surface area contributed by atoms with Crippen LogP contribution in [-0.4, -0.2) is 43.8 Å². The van der Waals surface area contributed by atoms with Gasteiger partial charge in [-0.1, -0.05) is 26.0 Å². The number of aromatic nitrogens is 2. The maximum absolute atomic E-state index is 13.7.